The molecule has 0 aliphatic heterocycles. The van der Waals surface area contributed by atoms with Crippen molar-refractivity contribution in [2.45, 2.75) is 33.6 Å². The molecule has 31 heavy (non-hydrogen) atoms. The van der Waals surface area contributed by atoms with E-state index in [0.717, 1.165) is 32.6 Å². The minimum atomic E-state index is 0.373. The summed E-state index contributed by atoms with van der Waals surface area (Å²) in [6, 6.07) is 18.6. The molecule has 7 nitrogen and oxygen atoms in total. The molecule has 0 unspecified atom stereocenters. The molecular formula is C23H22N6OS. The zero-order chi connectivity index (χ0) is 21.2. The summed E-state index contributed by atoms with van der Waals surface area (Å²) in [6.45, 7) is 5.51. The summed E-state index contributed by atoms with van der Waals surface area (Å²) in [5.74, 6) is 0. The fourth-order valence-corrected chi connectivity index (χ4v) is 4.22. The zero-order valence-corrected chi connectivity index (χ0v) is 18.2. The Bertz CT molecular complexity index is 1300. The van der Waals surface area contributed by atoms with Gasteiger partial charge in [0.1, 0.15) is 10.7 Å². The van der Waals surface area contributed by atoms with Gasteiger partial charge < -0.3 is 4.74 Å². The van der Waals surface area contributed by atoms with Crippen LogP contribution in [0.15, 0.2) is 60.8 Å². The molecule has 0 fully saturated rings. The molecule has 0 bridgehead atoms. The number of imidazole rings is 1. The number of aryl methyl sites for hydroxylation is 2. The molecule has 0 amide bonds. The predicted octanol–water partition coefficient (Wildman–Crippen LogP) is 4.43. The van der Waals surface area contributed by atoms with Gasteiger partial charge in [0.25, 0.3) is 0 Å². The normalized spacial score (nSPS) is 11.4. The molecule has 0 N–H and O–H groups in total. The van der Waals surface area contributed by atoms with E-state index in [1.165, 1.54) is 11.1 Å². The van der Waals surface area contributed by atoms with E-state index in [1.54, 1.807) is 11.3 Å². The lowest BCUT2D eigenvalue weighted by molar-refractivity contribution is 0.101. The molecule has 0 saturated carbocycles. The van der Waals surface area contributed by atoms with E-state index in [2.05, 4.69) is 58.7 Å². The van der Waals surface area contributed by atoms with Crippen LogP contribution in [0.1, 0.15) is 27.5 Å². The van der Waals surface area contributed by atoms with Gasteiger partial charge in [-0.1, -0.05) is 76.7 Å². The Morgan fingerprint density at radius 2 is 1.77 bits per heavy atom. The van der Waals surface area contributed by atoms with Gasteiger partial charge in [-0.05, 0) is 19.4 Å². The number of benzene rings is 2. The Morgan fingerprint density at radius 3 is 2.58 bits per heavy atom. The number of hydrogen-bond donors (Lipinski definition) is 0. The van der Waals surface area contributed by atoms with Crippen molar-refractivity contribution >= 4 is 16.3 Å². The Morgan fingerprint density at radius 1 is 0.968 bits per heavy atom. The van der Waals surface area contributed by atoms with Crippen molar-refractivity contribution in [3.8, 4) is 11.3 Å². The highest BCUT2D eigenvalue weighted by molar-refractivity contribution is 7.16. The summed E-state index contributed by atoms with van der Waals surface area (Å²) in [5.41, 5.74) is 6.11. The van der Waals surface area contributed by atoms with E-state index in [4.69, 9.17) is 9.72 Å². The SMILES string of the molecule is Cc1ccc(-c2nc3sc(C)nn3c2COCc2cn(Cc3ccccc3)nn2)cc1. The summed E-state index contributed by atoms with van der Waals surface area (Å²) in [7, 11) is 0. The second-order valence-corrected chi connectivity index (χ2v) is 8.63. The number of aromatic nitrogens is 6. The second kappa shape index (κ2) is 8.41. The number of hydrogen-bond acceptors (Lipinski definition) is 6. The van der Waals surface area contributed by atoms with Gasteiger partial charge in [-0.3, -0.25) is 0 Å². The Balaban J connectivity index is 1.32. The van der Waals surface area contributed by atoms with Gasteiger partial charge in [0.2, 0.25) is 4.96 Å². The predicted molar refractivity (Wildman–Crippen MR) is 120 cm³/mol. The molecule has 5 rings (SSSR count). The maximum absolute atomic E-state index is 6.02. The van der Waals surface area contributed by atoms with E-state index in [-0.39, 0.29) is 0 Å². The molecule has 3 aromatic heterocycles. The smallest absolute Gasteiger partial charge is 0.213 e. The van der Waals surface area contributed by atoms with E-state index < -0.39 is 0 Å². The molecule has 156 valence electrons. The highest BCUT2D eigenvalue weighted by Crippen LogP contribution is 2.28. The minimum absolute atomic E-state index is 0.373. The quantitative estimate of drug-likeness (QED) is 0.382. The van der Waals surface area contributed by atoms with Crippen molar-refractivity contribution in [3.63, 3.8) is 0 Å². The lowest BCUT2D eigenvalue weighted by Gasteiger charge is -2.05. The third-order valence-electron chi connectivity index (χ3n) is 4.98. The first-order chi connectivity index (χ1) is 15.2. The van der Waals surface area contributed by atoms with Crippen molar-refractivity contribution in [1.29, 1.82) is 0 Å². The third kappa shape index (κ3) is 4.26. The van der Waals surface area contributed by atoms with Crippen LogP contribution in [0.2, 0.25) is 0 Å². The van der Waals surface area contributed by atoms with Crippen LogP contribution >= 0.6 is 11.3 Å². The summed E-state index contributed by atoms with van der Waals surface area (Å²) >= 11 is 1.58. The lowest BCUT2D eigenvalue weighted by atomic mass is 10.1. The maximum atomic E-state index is 6.02. The van der Waals surface area contributed by atoms with Crippen LogP contribution in [-0.2, 0) is 24.5 Å². The highest BCUT2D eigenvalue weighted by atomic mass is 32.1. The number of rotatable bonds is 7. The molecule has 2 aromatic carbocycles. The van der Waals surface area contributed by atoms with Crippen LogP contribution in [0.3, 0.4) is 0 Å². The maximum Gasteiger partial charge on any atom is 0.213 e. The van der Waals surface area contributed by atoms with Crippen molar-refractivity contribution in [2.75, 3.05) is 0 Å². The summed E-state index contributed by atoms with van der Waals surface area (Å²) < 4.78 is 9.74. The molecule has 0 saturated heterocycles. The van der Waals surface area contributed by atoms with Gasteiger partial charge in [0.15, 0.2) is 0 Å². The molecule has 3 heterocycles. The summed E-state index contributed by atoms with van der Waals surface area (Å²) in [6.07, 6.45) is 1.92. The van der Waals surface area contributed by atoms with Crippen LogP contribution in [0.4, 0.5) is 0 Å². The Hall–Kier alpha value is -3.36. The molecule has 8 heteroatoms. The van der Waals surface area contributed by atoms with Crippen LogP contribution in [0.25, 0.3) is 16.2 Å². The summed E-state index contributed by atoms with van der Waals surface area (Å²) in [4.78, 5) is 5.69. The van der Waals surface area contributed by atoms with E-state index in [9.17, 15) is 0 Å². The van der Waals surface area contributed by atoms with E-state index in [0.29, 0.717) is 19.8 Å². The Kier molecular flexibility index (Phi) is 5.31. The number of fused-ring (bicyclic) bond motifs is 1. The summed E-state index contributed by atoms with van der Waals surface area (Å²) in [5, 5.41) is 14.0. The van der Waals surface area contributed by atoms with E-state index >= 15 is 0 Å². The first-order valence-corrected chi connectivity index (χ1v) is 10.9. The minimum Gasteiger partial charge on any atom is -0.369 e. The van der Waals surface area contributed by atoms with Crippen LogP contribution in [0.5, 0.6) is 0 Å². The standard InChI is InChI=1S/C23H22N6OS/c1-16-8-10-19(11-9-16)22-21(29-23(24-22)31-17(2)26-29)15-30-14-20-13-28(27-25-20)12-18-6-4-3-5-7-18/h3-11,13H,12,14-15H2,1-2H3. The van der Waals surface area contributed by atoms with Gasteiger partial charge in [-0.15, -0.1) is 5.10 Å². The van der Waals surface area contributed by atoms with Gasteiger partial charge in [0, 0.05) is 5.56 Å². The molecule has 0 radical (unpaired) electrons. The average Bonchev–Trinajstić information content (AvgIpc) is 3.45. The fourth-order valence-electron chi connectivity index (χ4n) is 3.46. The van der Waals surface area contributed by atoms with Crippen LogP contribution < -0.4 is 0 Å². The molecule has 0 aliphatic carbocycles. The molecular weight excluding hydrogens is 408 g/mol. The largest absolute Gasteiger partial charge is 0.369 e. The van der Waals surface area contributed by atoms with Gasteiger partial charge in [-0.25, -0.2) is 14.2 Å². The highest BCUT2D eigenvalue weighted by Gasteiger charge is 2.17. The molecule has 0 spiro atoms. The van der Waals surface area contributed by atoms with Crippen LogP contribution in [-0.4, -0.2) is 29.6 Å². The van der Waals surface area contributed by atoms with Crippen molar-refractivity contribution < 1.29 is 4.74 Å². The van der Waals surface area contributed by atoms with Gasteiger partial charge in [-0.2, -0.15) is 5.10 Å². The van der Waals surface area contributed by atoms with Gasteiger partial charge >= 0.3 is 0 Å². The number of ether oxygens (including phenoxy) is 1. The third-order valence-corrected chi connectivity index (χ3v) is 5.81. The Labute approximate surface area is 184 Å². The molecule has 0 atom stereocenters. The first kappa shape index (κ1) is 19.6. The second-order valence-electron chi connectivity index (χ2n) is 7.47. The lowest BCUT2D eigenvalue weighted by Crippen LogP contribution is -2.01. The van der Waals surface area contributed by atoms with Crippen molar-refractivity contribution in [3.05, 3.63) is 88.3 Å². The van der Waals surface area contributed by atoms with Crippen molar-refractivity contribution in [2.24, 2.45) is 0 Å². The monoisotopic (exact) mass is 430 g/mol. The molecule has 0 aliphatic rings. The first-order valence-electron chi connectivity index (χ1n) is 10.1. The fraction of sp³-hybridized carbons (Fsp3) is 0.217. The average molecular weight is 431 g/mol. The van der Waals surface area contributed by atoms with Crippen molar-refractivity contribution in [1.82, 2.24) is 29.6 Å². The van der Waals surface area contributed by atoms with E-state index in [1.807, 2.05) is 40.5 Å². The topological polar surface area (TPSA) is 70.1 Å². The van der Waals surface area contributed by atoms with Crippen LogP contribution in [0, 0.1) is 13.8 Å². The zero-order valence-electron chi connectivity index (χ0n) is 17.4. The molecule has 5 aromatic rings. The number of nitrogens with zero attached hydrogens (tertiary/aromatic N) is 6. The van der Waals surface area contributed by atoms with Gasteiger partial charge in [0.05, 0.1) is 37.3 Å².